The molecule has 1 saturated carbocycles. The van der Waals surface area contributed by atoms with Crippen LogP contribution in [0, 0.1) is 12.7 Å². The van der Waals surface area contributed by atoms with Crippen molar-refractivity contribution in [2.24, 2.45) is 0 Å². The Labute approximate surface area is 203 Å². The normalized spacial score (nSPS) is 20.5. The minimum Gasteiger partial charge on any atom is -0.353 e. The van der Waals surface area contributed by atoms with Crippen LogP contribution in [0.5, 0.6) is 0 Å². The third-order valence-electron chi connectivity index (χ3n) is 7.15. The molecule has 8 nitrogen and oxygen atoms in total. The molecule has 0 bridgehead atoms. The summed E-state index contributed by atoms with van der Waals surface area (Å²) >= 11 is 0. The van der Waals surface area contributed by atoms with E-state index in [1.807, 2.05) is 42.0 Å². The zero-order valence-corrected chi connectivity index (χ0v) is 19.8. The van der Waals surface area contributed by atoms with Gasteiger partial charge in [0.2, 0.25) is 5.95 Å². The summed E-state index contributed by atoms with van der Waals surface area (Å²) in [6.07, 6.45) is 14.5. The Morgan fingerprint density at radius 1 is 0.971 bits per heavy atom. The van der Waals surface area contributed by atoms with Gasteiger partial charge in [-0.05, 0) is 69.8 Å². The topological polar surface area (TPSA) is 83.3 Å². The second-order valence-corrected chi connectivity index (χ2v) is 9.57. The second kappa shape index (κ2) is 9.22. The van der Waals surface area contributed by atoms with Crippen LogP contribution >= 0.6 is 0 Å². The number of aryl methyl sites for hydroxylation is 1. The Hall–Kier alpha value is -3.59. The van der Waals surface area contributed by atoms with Gasteiger partial charge < -0.3 is 15.5 Å². The molecule has 0 unspecified atom stereocenters. The van der Waals surface area contributed by atoms with Crippen molar-refractivity contribution in [3.8, 4) is 11.4 Å². The van der Waals surface area contributed by atoms with Crippen LogP contribution in [-0.2, 0) is 0 Å². The van der Waals surface area contributed by atoms with Gasteiger partial charge in [0.05, 0.1) is 41.4 Å². The highest BCUT2D eigenvalue weighted by molar-refractivity contribution is 5.67. The highest BCUT2D eigenvalue weighted by Gasteiger charge is 2.29. The molecule has 9 heteroatoms. The van der Waals surface area contributed by atoms with Gasteiger partial charge in [0.25, 0.3) is 0 Å². The first kappa shape index (κ1) is 21.9. The number of imidazole rings is 1. The predicted octanol–water partition coefficient (Wildman–Crippen LogP) is 4.81. The van der Waals surface area contributed by atoms with Crippen molar-refractivity contribution in [3.05, 3.63) is 60.6 Å². The van der Waals surface area contributed by atoms with E-state index in [2.05, 4.69) is 30.5 Å². The van der Waals surface area contributed by atoms with E-state index in [0.29, 0.717) is 17.7 Å². The van der Waals surface area contributed by atoms with Crippen LogP contribution < -0.4 is 10.6 Å². The van der Waals surface area contributed by atoms with Crippen LogP contribution in [0.25, 0.3) is 17.0 Å². The van der Waals surface area contributed by atoms with Gasteiger partial charge in [0.1, 0.15) is 11.5 Å². The van der Waals surface area contributed by atoms with Crippen LogP contribution in [0.2, 0.25) is 0 Å². The molecule has 2 aliphatic rings. The zero-order chi connectivity index (χ0) is 23.8. The first-order chi connectivity index (χ1) is 17.1. The van der Waals surface area contributed by atoms with Gasteiger partial charge >= 0.3 is 0 Å². The molecule has 1 aliphatic carbocycles. The van der Waals surface area contributed by atoms with E-state index in [-0.39, 0.29) is 5.82 Å². The van der Waals surface area contributed by atoms with Crippen molar-refractivity contribution in [1.82, 2.24) is 29.2 Å². The number of anilines is 3. The van der Waals surface area contributed by atoms with E-state index in [4.69, 9.17) is 4.98 Å². The van der Waals surface area contributed by atoms with Gasteiger partial charge in [-0.15, -0.1) is 0 Å². The summed E-state index contributed by atoms with van der Waals surface area (Å²) in [6, 6.07) is 6.40. The smallest absolute Gasteiger partial charge is 0.223 e. The lowest BCUT2D eigenvalue weighted by Crippen LogP contribution is -2.47. The molecule has 1 aliphatic heterocycles. The maximum Gasteiger partial charge on any atom is 0.223 e. The number of rotatable bonds is 6. The van der Waals surface area contributed by atoms with Gasteiger partial charge in [-0.1, -0.05) is 0 Å². The van der Waals surface area contributed by atoms with Gasteiger partial charge in [-0.25, -0.2) is 19.3 Å². The van der Waals surface area contributed by atoms with E-state index >= 15 is 0 Å². The molecule has 2 fully saturated rings. The first-order valence-electron chi connectivity index (χ1n) is 12.3. The van der Waals surface area contributed by atoms with E-state index in [1.54, 1.807) is 6.20 Å². The fraction of sp³-hybridized carbons (Fsp3) is 0.385. The molecule has 4 aromatic rings. The minimum atomic E-state index is -0.384. The van der Waals surface area contributed by atoms with Crippen molar-refractivity contribution >= 4 is 23.0 Å². The van der Waals surface area contributed by atoms with Crippen LogP contribution in [0.1, 0.15) is 37.7 Å². The SMILES string of the molecule is Cc1cnc(N[C@H]2CC[C@H](N3CCC3)CC2)nc1-c1cnc2ccc(Nc3cncc(F)c3)cn12. The number of hydrogen-bond acceptors (Lipinski definition) is 7. The monoisotopic (exact) mass is 472 g/mol. The molecule has 0 amide bonds. The maximum absolute atomic E-state index is 13.5. The van der Waals surface area contributed by atoms with Crippen LogP contribution in [-0.4, -0.2) is 54.4 Å². The molecule has 4 aromatic heterocycles. The molecule has 35 heavy (non-hydrogen) atoms. The number of hydrogen-bond donors (Lipinski definition) is 2. The largest absolute Gasteiger partial charge is 0.353 e. The molecule has 0 spiro atoms. The Balaban J connectivity index is 1.22. The quantitative estimate of drug-likeness (QED) is 0.417. The molecule has 6 rings (SSSR count). The Morgan fingerprint density at radius 2 is 1.83 bits per heavy atom. The average Bonchev–Trinajstić information content (AvgIpc) is 3.24. The number of likely N-dealkylation sites (tertiary alicyclic amines) is 1. The summed E-state index contributed by atoms with van der Waals surface area (Å²) < 4.78 is 15.5. The summed E-state index contributed by atoms with van der Waals surface area (Å²) in [5.41, 5.74) is 4.89. The van der Waals surface area contributed by atoms with Crippen molar-refractivity contribution in [3.63, 3.8) is 0 Å². The van der Waals surface area contributed by atoms with Crippen LogP contribution in [0.15, 0.2) is 49.2 Å². The maximum atomic E-state index is 13.5. The first-order valence-corrected chi connectivity index (χ1v) is 12.3. The highest BCUT2D eigenvalue weighted by Crippen LogP contribution is 2.29. The predicted molar refractivity (Wildman–Crippen MR) is 134 cm³/mol. The zero-order valence-electron chi connectivity index (χ0n) is 19.8. The van der Waals surface area contributed by atoms with E-state index in [1.165, 1.54) is 44.6 Å². The number of aromatic nitrogens is 5. The summed E-state index contributed by atoms with van der Waals surface area (Å²) in [6.45, 7) is 4.54. The molecule has 2 N–H and O–H groups in total. The van der Waals surface area contributed by atoms with Crippen molar-refractivity contribution < 1.29 is 4.39 Å². The fourth-order valence-electron chi connectivity index (χ4n) is 5.12. The number of pyridine rings is 2. The van der Waals surface area contributed by atoms with E-state index in [9.17, 15) is 4.39 Å². The fourth-order valence-corrected chi connectivity index (χ4v) is 5.12. The minimum absolute atomic E-state index is 0.384. The number of nitrogens with zero attached hydrogens (tertiary/aromatic N) is 6. The van der Waals surface area contributed by atoms with Crippen molar-refractivity contribution in [1.29, 1.82) is 0 Å². The van der Waals surface area contributed by atoms with Crippen molar-refractivity contribution in [2.75, 3.05) is 23.7 Å². The Bertz CT molecular complexity index is 1340. The Morgan fingerprint density at radius 3 is 2.60 bits per heavy atom. The average molecular weight is 473 g/mol. The van der Waals surface area contributed by atoms with E-state index < -0.39 is 0 Å². The third-order valence-corrected chi connectivity index (χ3v) is 7.15. The summed E-state index contributed by atoms with van der Waals surface area (Å²) in [5, 5.41) is 6.78. The highest BCUT2D eigenvalue weighted by atomic mass is 19.1. The lowest BCUT2D eigenvalue weighted by atomic mass is 9.89. The molecule has 1 saturated heterocycles. The van der Waals surface area contributed by atoms with Crippen molar-refractivity contribution in [2.45, 2.75) is 51.1 Å². The lowest BCUT2D eigenvalue weighted by molar-refractivity contribution is 0.0888. The van der Waals surface area contributed by atoms with Gasteiger partial charge in [0.15, 0.2) is 0 Å². The molecule has 0 atom stereocenters. The van der Waals surface area contributed by atoms with Gasteiger partial charge in [0, 0.05) is 30.5 Å². The Kier molecular flexibility index (Phi) is 5.77. The third kappa shape index (κ3) is 4.55. The number of nitrogens with one attached hydrogen (secondary N) is 2. The molecular weight excluding hydrogens is 443 g/mol. The van der Waals surface area contributed by atoms with E-state index in [0.717, 1.165) is 47.2 Å². The molecule has 0 aromatic carbocycles. The molecule has 0 radical (unpaired) electrons. The summed E-state index contributed by atoms with van der Waals surface area (Å²) in [4.78, 5) is 20.5. The standard InChI is InChI=1S/C26H29FN8/c1-17-12-30-26(32-19-3-6-22(7-4-19)34-9-2-10-34)33-25(17)23-15-29-24-8-5-20(16-35(23)24)31-21-11-18(27)13-28-14-21/h5,8,11-16,19,22,31H,2-4,6-7,9-10H2,1H3,(H,30,32,33)/t19-,22-. The molecule has 180 valence electrons. The molecular formula is C26H29FN8. The summed E-state index contributed by atoms with van der Waals surface area (Å²) in [5.74, 6) is 0.276. The number of fused-ring (bicyclic) bond motifs is 1. The second-order valence-electron chi connectivity index (χ2n) is 9.57. The van der Waals surface area contributed by atoms with Gasteiger partial charge in [-0.2, -0.15) is 0 Å². The lowest BCUT2D eigenvalue weighted by Gasteiger charge is -2.42. The molecule has 5 heterocycles. The summed E-state index contributed by atoms with van der Waals surface area (Å²) in [7, 11) is 0. The van der Waals surface area contributed by atoms with Crippen LogP contribution in [0.4, 0.5) is 21.7 Å². The van der Waals surface area contributed by atoms with Crippen LogP contribution in [0.3, 0.4) is 0 Å². The van der Waals surface area contributed by atoms with Gasteiger partial charge in [-0.3, -0.25) is 9.38 Å². The number of halogens is 1.